The average Bonchev–Trinajstić information content (AvgIpc) is 2.53. The maximum atomic E-state index is 10.7. The van der Waals surface area contributed by atoms with Gasteiger partial charge in [-0.05, 0) is 30.2 Å². The summed E-state index contributed by atoms with van der Waals surface area (Å²) in [5, 5.41) is 14.1. The number of rotatable bonds is 6. The lowest BCUT2D eigenvalue weighted by Crippen LogP contribution is -2.18. The van der Waals surface area contributed by atoms with Crippen molar-refractivity contribution >= 4 is 11.4 Å². The van der Waals surface area contributed by atoms with E-state index in [4.69, 9.17) is 0 Å². The standard InChI is InChI=1S/C17H21N3O2/c1-13(15-7-9-16(10-8-15)20(21)22)18-12-14-5-4-6-17(11-14)19(2)3/h4-11,13,18H,12H2,1-3H3/t13-/m1/s1. The molecule has 0 aliphatic rings. The highest BCUT2D eigenvalue weighted by Gasteiger charge is 2.09. The van der Waals surface area contributed by atoms with Crippen LogP contribution in [-0.4, -0.2) is 19.0 Å². The maximum absolute atomic E-state index is 10.7. The molecule has 2 rings (SSSR count). The second-order valence-electron chi connectivity index (χ2n) is 5.52. The first kappa shape index (κ1) is 16.0. The predicted molar refractivity (Wildman–Crippen MR) is 89.1 cm³/mol. The van der Waals surface area contributed by atoms with Gasteiger partial charge < -0.3 is 10.2 Å². The van der Waals surface area contributed by atoms with Crippen molar-refractivity contribution in [2.75, 3.05) is 19.0 Å². The van der Waals surface area contributed by atoms with Crippen LogP contribution in [0.4, 0.5) is 11.4 Å². The van der Waals surface area contributed by atoms with Crippen LogP contribution in [0.15, 0.2) is 48.5 Å². The number of anilines is 1. The third-order valence-electron chi connectivity index (χ3n) is 3.64. The van der Waals surface area contributed by atoms with Crippen LogP contribution >= 0.6 is 0 Å². The Hall–Kier alpha value is -2.40. The van der Waals surface area contributed by atoms with Gasteiger partial charge in [0, 0.05) is 44.5 Å². The van der Waals surface area contributed by atoms with E-state index >= 15 is 0 Å². The molecule has 0 radical (unpaired) electrons. The first-order valence-electron chi connectivity index (χ1n) is 7.21. The molecule has 0 aliphatic carbocycles. The number of nitrogens with zero attached hydrogens (tertiary/aromatic N) is 2. The monoisotopic (exact) mass is 299 g/mol. The summed E-state index contributed by atoms with van der Waals surface area (Å²) < 4.78 is 0. The molecule has 0 aromatic heterocycles. The number of hydrogen-bond donors (Lipinski definition) is 1. The quantitative estimate of drug-likeness (QED) is 0.655. The molecule has 0 spiro atoms. The topological polar surface area (TPSA) is 58.4 Å². The number of nitro benzene ring substituents is 1. The lowest BCUT2D eigenvalue weighted by Gasteiger charge is -2.16. The van der Waals surface area contributed by atoms with Crippen LogP contribution in [0.3, 0.4) is 0 Å². The summed E-state index contributed by atoms with van der Waals surface area (Å²) in [6.07, 6.45) is 0. The number of nitro groups is 1. The summed E-state index contributed by atoms with van der Waals surface area (Å²) in [7, 11) is 4.04. The van der Waals surface area contributed by atoms with Crippen molar-refractivity contribution in [1.82, 2.24) is 5.32 Å². The minimum Gasteiger partial charge on any atom is -0.378 e. The molecule has 0 heterocycles. The van der Waals surface area contributed by atoms with E-state index in [-0.39, 0.29) is 16.7 Å². The Bertz CT molecular complexity index is 639. The molecular formula is C17H21N3O2. The largest absolute Gasteiger partial charge is 0.378 e. The normalized spacial score (nSPS) is 12.0. The van der Waals surface area contributed by atoms with E-state index < -0.39 is 0 Å². The smallest absolute Gasteiger partial charge is 0.269 e. The van der Waals surface area contributed by atoms with Gasteiger partial charge in [0.25, 0.3) is 5.69 Å². The van der Waals surface area contributed by atoms with Crippen molar-refractivity contribution in [2.24, 2.45) is 0 Å². The number of non-ortho nitro benzene ring substituents is 1. The van der Waals surface area contributed by atoms with Gasteiger partial charge in [0.1, 0.15) is 0 Å². The molecule has 0 saturated heterocycles. The molecule has 0 saturated carbocycles. The second kappa shape index (κ2) is 7.04. The van der Waals surface area contributed by atoms with Crippen LogP contribution in [-0.2, 0) is 6.54 Å². The Kier molecular flexibility index (Phi) is 5.12. The molecule has 1 atom stereocenters. The summed E-state index contributed by atoms with van der Waals surface area (Å²) in [6.45, 7) is 2.80. The Labute approximate surface area is 130 Å². The van der Waals surface area contributed by atoms with Gasteiger partial charge >= 0.3 is 0 Å². The zero-order valence-corrected chi connectivity index (χ0v) is 13.1. The van der Waals surface area contributed by atoms with Crippen LogP contribution in [0, 0.1) is 10.1 Å². The number of benzene rings is 2. The first-order valence-corrected chi connectivity index (χ1v) is 7.21. The van der Waals surface area contributed by atoms with Crippen LogP contribution in [0.25, 0.3) is 0 Å². The van der Waals surface area contributed by atoms with Crippen LogP contribution in [0.1, 0.15) is 24.1 Å². The van der Waals surface area contributed by atoms with E-state index in [1.807, 2.05) is 20.2 Å². The third kappa shape index (κ3) is 4.05. The van der Waals surface area contributed by atoms with Crippen molar-refractivity contribution in [2.45, 2.75) is 19.5 Å². The summed E-state index contributed by atoms with van der Waals surface area (Å²) in [5.74, 6) is 0. The Morgan fingerprint density at radius 2 is 1.86 bits per heavy atom. The molecular weight excluding hydrogens is 278 g/mol. The zero-order valence-electron chi connectivity index (χ0n) is 13.1. The van der Waals surface area contributed by atoms with E-state index in [1.165, 1.54) is 11.3 Å². The number of hydrogen-bond acceptors (Lipinski definition) is 4. The summed E-state index contributed by atoms with van der Waals surface area (Å²) in [5.41, 5.74) is 3.53. The van der Waals surface area contributed by atoms with Gasteiger partial charge in [-0.2, -0.15) is 0 Å². The van der Waals surface area contributed by atoms with Gasteiger partial charge in [0.15, 0.2) is 0 Å². The fourth-order valence-electron chi connectivity index (χ4n) is 2.22. The highest BCUT2D eigenvalue weighted by atomic mass is 16.6. The fourth-order valence-corrected chi connectivity index (χ4v) is 2.22. The minimum atomic E-state index is -0.380. The Morgan fingerprint density at radius 1 is 1.18 bits per heavy atom. The summed E-state index contributed by atoms with van der Waals surface area (Å²) >= 11 is 0. The predicted octanol–water partition coefficient (Wildman–Crippen LogP) is 3.51. The lowest BCUT2D eigenvalue weighted by atomic mass is 10.1. The molecule has 0 bridgehead atoms. The summed E-state index contributed by atoms with van der Waals surface area (Å²) in [6, 6.07) is 15.2. The van der Waals surface area contributed by atoms with Crippen LogP contribution < -0.4 is 10.2 Å². The van der Waals surface area contributed by atoms with Gasteiger partial charge in [-0.1, -0.05) is 24.3 Å². The lowest BCUT2D eigenvalue weighted by molar-refractivity contribution is -0.384. The fraction of sp³-hybridized carbons (Fsp3) is 0.294. The molecule has 0 unspecified atom stereocenters. The van der Waals surface area contributed by atoms with Crippen molar-refractivity contribution in [3.05, 3.63) is 69.8 Å². The molecule has 116 valence electrons. The average molecular weight is 299 g/mol. The van der Waals surface area contributed by atoms with Gasteiger partial charge in [0.05, 0.1) is 4.92 Å². The Balaban J connectivity index is 1.98. The molecule has 0 amide bonds. The van der Waals surface area contributed by atoms with Crippen molar-refractivity contribution < 1.29 is 4.92 Å². The van der Waals surface area contributed by atoms with Crippen molar-refractivity contribution in [3.63, 3.8) is 0 Å². The van der Waals surface area contributed by atoms with E-state index in [9.17, 15) is 10.1 Å². The zero-order chi connectivity index (χ0) is 16.1. The Morgan fingerprint density at radius 3 is 2.45 bits per heavy atom. The molecule has 5 heteroatoms. The molecule has 0 fully saturated rings. The van der Waals surface area contributed by atoms with Gasteiger partial charge in [-0.15, -0.1) is 0 Å². The molecule has 0 aliphatic heterocycles. The molecule has 1 N–H and O–H groups in total. The van der Waals surface area contributed by atoms with Crippen LogP contribution in [0.2, 0.25) is 0 Å². The third-order valence-corrected chi connectivity index (χ3v) is 3.64. The second-order valence-corrected chi connectivity index (χ2v) is 5.52. The first-order chi connectivity index (χ1) is 10.5. The number of nitrogens with one attached hydrogen (secondary N) is 1. The minimum absolute atomic E-state index is 0.120. The molecule has 2 aromatic carbocycles. The van der Waals surface area contributed by atoms with Crippen molar-refractivity contribution in [3.8, 4) is 0 Å². The van der Waals surface area contributed by atoms with E-state index in [1.54, 1.807) is 24.3 Å². The molecule has 5 nitrogen and oxygen atoms in total. The maximum Gasteiger partial charge on any atom is 0.269 e. The van der Waals surface area contributed by atoms with Gasteiger partial charge in [-0.25, -0.2) is 0 Å². The molecule has 22 heavy (non-hydrogen) atoms. The molecule has 2 aromatic rings. The van der Waals surface area contributed by atoms with E-state index in [0.717, 1.165) is 12.1 Å². The summed E-state index contributed by atoms with van der Waals surface area (Å²) in [4.78, 5) is 12.4. The SMILES string of the molecule is C[C@@H](NCc1cccc(N(C)C)c1)c1ccc([N+](=O)[O-])cc1. The highest BCUT2D eigenvalue weighted by molar-refractivity contribution is 5.47. The van der Waals surface area contributed by atoms with Crippen LogP contribution in [0.5, 0.6) is 0 Å². The van der Waals surface area contributed by atoms with E-state index in [2.05, 4.69) is 35.3 Å². The van der Waals surface area contributed by atoms with Gasteiger partial charge in [-0.3, -0.25) is 10.1 Å². The van der Waals surface area contributed by atoms with E-state index in [0.29, 0.717) is 0 Å². The van der Waals surface area contributed by atoms with Gasteiger partial charge in [0.2, 0.25) is 0 Å². The van der Waals surface area contributed by atoms with Crippen molar-refractivity contribution in [1.29, 1.82) is 0 Å². The highest BCUT2D eigenvalue weighted by Crippen LogP contribution is 2.19.